The van der Waals surface area contributed by atoms with E-state index in [0.29, 0.717) is 22.2 Å². The topological polar surface area (TPSA) is 144 Å². The standard InChI is InChI=1S/C26H18N4O6S2/c31-37(32,19-7-3-1-4-8-19)29-25-27-21-13-11-17(15-23(21)35-25)18-12-14-22-24(16-18)36-26(28-22)30-38(33,34)20-9-5-2-6-10-20/h1-16H,(H,27,29)(H,28,30). The Labute approximate surface area is 217 Å². The van der Waals surface area contributed by atoms with Crippen molar-refractivity contribution in [2.24, 2.45) is 0 Å². The van der Waals surface area contributed by atoms with E-state index >= 15 is 0 Å². The molecule has 0 bridgehead atoms. The number of rotatable bonds is 7. The Morgan fingerprint density at radius 2 is 0.921 bits per heavy atom. The first kappa shape index (κ1) is 23.7. The van der Waals surface area contributed by atoms with Crippen LogP contribution in [-0.2, 0) is 20.0 Å². The van der Waals surface area contributed by atoms with Crippen molar-refractivity contribution >= 4 is 54.3 Å². The molecule has 6 aromatic rings. The van der Waals surface area contributed by atoms with Gasteiger partial charge >= 0.3 is 12.0 Å². The summed E-state index contributed by atoms with van der Waals surface area (Å²) < 4.78 is 66.4. The molecule has 0 fully saturated rings. The number of nitrogens with zero attached hydrogens (tertiary/aromatic N) is 2. The third kappa shape index (κ3) is 4.58. The molecule has 6 rings (SSSR count). The highest BCUT2D eigenvalue weighted by atomic mass is 32.2. The van der Waals surface area contributed by atoms with Crippen molar-refractivity contribution in [1.29, 1.82) is 0 Å². The maximum absolute atomic E-state index is 12.6. The Balaban J connectivity index is 1.27. The highest BCUT2D eigenvalue weighted by Gasteiger charge is 2.19. The molecule has 190 valence electrons. The van der Waals surface area contributed by atoms with E-state index in [0.717, 1.165) is 11.1 Å². The maximum atomic E-state index is 12.6. The van der Waals surface area contributed by atoms with Gasteiger partial charge in [-0.1, -0.05) is 48.5 Å². The van der Waals surface area contributed by atoms with Gasteiger partial charge < -0.3 is 8.83 Å². The highest BCUT2D eigenvalue weighted by Crippen LogP contribution is 2.30. The van der Waals surface area contributed by atoms with Crippen molar-refractivity contribution in [2.45, 2.75) is 9.79 Å². The summed E-state index contributed by atoms with van der Waals surface area (Å²) >= 11 is 0. The molecule has 4 aromatic carbocycles. The second-order valence-electron chi connectivity index (χ2n) is 8.24. The van der Waals surface area contributed by atoms with Crippen molar-refractivity contribution in [2.75, 3.05) is 9.44 Å². The molecule has 0 aliphatic heterocycles. The molecule has 0 spiro atoms. The molecule has 0 amide bonds. The van der Waals surface area contributed by atoms with Crippen molar-refractivity contribution < 1.29 is 25.7 Å². The van der Waals surface area contributed by atoms with Crippen molar-refractivity contribution in [3.05, 3.63) is 97.1 Å². The Hall–Kier alpha value is -4.68. The van der Waals surface area contributed by atoms with Gasteiger partial charge in [0.25, 0.3) is 20.0 Å². The molecule has 0 saturated carbocycles. The summed E-state index contributed by atoms with van der Waals surface area (Å²) in [5.74, 6) is 0. The molecule has 12 heteroatoms. The minimum Gasteiger partial charge on any atom is -0.423 e. The van der Waals surface area contributed by atoms with Crippen LogP contribution < -0.4 is 9.44 Å². The van der Waals surface area contributed by atoms with Gasteiger partial charge in [0.05, 0.1) is 9.79 Å². The van der Waals surface area contributed by atoms with Crippen LogP contribution in [0, 0.1) is 0 Å². The Morgan fingerprint density at radius 1 is 0.526 bits per heavy atom. The third-order valence-electron chi connectivity index (χ3n) is 5.66. The number of sulfonamides is 2. The monoisotopic (exact) mass is 546 g/mol. The summed E-state index contributed by atoms with van der Waals surface area (Å²) in [4.78, 5) is 8.62. The quantitative estimate of drug-likeness (QED) is 0.277. The first-order valence-electron chi connectivity index (χ1n) is 11.2. The van der Waals surface area contributed by atoms with Gasteiger partial charge in [-0.15, -0.1) is 0 Å². The number of aromatic nitrogens is 2. The summed E-state index contributed by atoms with van der Waals surface area (Å²) in [6.07, 6.45) is 0. The molecule has 10 nitrogen and oxygen atoms in total. The zero-order valence-corrected chi connectivity index (χ0v) is 21.0. The van der Waals surface area contributed by atoms with Gasteiger partial charge in [0, 0.05) is 0 Å². The molecule has 0 unspecified atom stereocenters. The molecule has 2 N–H and O–H groups in total. The van der Waals surface area contributed by atoms with E-state index in [-0.39, 0.29) is 21.8 Å². The second-order valence-corrected chi connectivity index (χ2v) is 11.6. The first-order chi connectivity index (χ1) is 18.3. The lowest BCUT2D eigenvalue weighted by Gasteiger charge is -2.03. The SMILES string of the molecule is O=S(=O)(Nc1nc2ccc(-c3ccc4nc(NS(=O)(=O)c5ccccc5)oc4c3)cc2o1)c1ccccc1. The van der Waals surface area contributed by atoms with Crippen LogP contribution in [0.3, 0.4) is 0 Å². The van der Waals surface area contributed by atoms with E-state index in [1.165, 1.54) is 24.3 Å². The molecule has 2 aromatic heterocycles. The summed E-state index contributed by atoms with van der Waals surface area (Å²) in [7, 11) is -7.70. The van der Waals surface area contributed by atoms with Crippen LogP contribution in [-0.4, -0.2) is 26.8 Å². The molecule has 0 atom stereocenters. The van der Waals surface area contributed by atoms with Gasteiger partial charge in [0.2, 0.25) is 0 Å². The van der Waals surface area contributed by atoms with E-state index < -0.39 is 20.0 Å². The predicted molar refractivity (Wildman–Crippen MR) is 142 cm³/mol. The van der Waals surface area contributed by atoms with Crippen molar-refractivity contribution in [3.8, 4) is 11.1 Å². The molecule has 0 aliphatic carbocycles. The molecule has 2 heterocycles. The number of hydrogen-bond acceptors (Lipinski definition) is 8. The van der Waals surface area contributed by atoms with Crippen LogP contribution in [0.1, 0.15) is 0 Å². The molecule has 0 saturated heterocycles. The van der Waals surface area contributed by atoms with Crippen molar-refractivity contribution in [1.82, 2.24) is 9.97 Å². The zero-order chi connectivity index (χ0) is 26.3. The summed E-state index contributed by atoms with van der Waals surface area (Å²) in [5.41, 5.74) is 3.19. The normalized spacial score (nSPS) is 12.1. The number of benzene rings is 4. The fourth-order valence-corrected chi connectivity index (χ4v) is 5.74. The van der Waals surface area contributed by atoms with Gasteiger partial charge in [0.1, 0.15) is 11.0 Å². The average Bonchev–Trinajstić information content (AvgIpc) is 3.50. The predicted octanol–water partition coefficient (Wildman–Crippen LogP) is 5.24. The van der Waals surface area contributed by atoms with Gasteiger partial charge in [-0.2, -0.15) is 9.97 Å². The number of oxazole rings is 2. The minimum atomic E-state index is -3.85. The van der Waals surface area contributed by atoms with Gasteiger partial charge in [0.15, 0.2) is 11.2 Å². The number of anilines is 2. The summed E-state index contributed by atoms with van der Waals surface area (Å²) in [6, 6.07) is 26.0. The molecule has 0 aliphatic rings. The number of hydrogen-bond donors (Lipinski definition) is 2. The van der Waals surface area contributed by atoms with Crippen LogP contribution in [0.2, 0.25) is 0 Å². The Kier molecular flexibility index (Phi) is 5.62. The van der Waals surface area contributed by atoms with E-state index in [2.05, 4.69) is 19.4 Å². The summed E-state index contributed by atoms with van der Waals surface area (Å²) in [6.45, 7) is 0. The lowest BCUT2D eigenvalue weighted by Crippen LogP contribution is -2.12. The van der Waals surface area contributed by atoms with Crippen LogP contribution in [0.15, 0.2) is 116 Å². The van der Waals surface area contributed by atoms with Crippen LogP contribution in [0.5, 0.6) is 0 Å². The molecule has 0 radical (unpaired) electrons. The van der Waals surface area contributed by atoms with Crippen LogP contribution >= 0.6 is 0 Å². The summed E-state index contributed by atoms with van der Waals surface area (Å²) in [5, 5.41) is 0. The fourth-order valence-electron chi connectivity index (χ4n) is 3.84. The van der Waals surface area contributed by atoms with Gasteiger partial charge in [-0.25, -0.2) is 26.3 Å². The number of fused-ring (bicyclic) bond motifs is 2. The second kappa shape index (κ2) is 9.01. The van der Waals surface area contributed by atoms with Gasteiger partial charge in [-0.3, -0.25) is 0 Å². The smallest absolute Gasteiger partial charge is 0.309 e. The molecular formula is C26H18N4O6S2. The molecule has 38 heavy (non-hydrogen) atoms. The van der Waals surface area contributed by atoms with Gasteiger partial charge in [-0.05, 0) is 59.7 Å². The lowest BCUT2D eigenvalue weighted by molar-refractivity contribution is 0.589. The Bertz CT molecular complexity index is 1860. The van der Waals surface area contributed by atoms with Crippen LogP contribution in [0.4, 0.5) is 12.0 Å². The Morgan fingerprint density at radius 3 is 1.32 bits per heavy atom. The van der Waals surface area contributed by atoms with E-state index in [4.69, 9.17) is 8.83 Å². The maximum Gasteiger partial charge on any atom is 0.309 e. The fraction of sp³-hybridized carbons (Fsp3) is 0. The van der Waals surface area contributed by atoms with Crippen molar-refractivity contribution in [3.63, 3.8) is 0 Å². The third-order valence-corrected chi connectivity index (χ3v) is 8.33. The first-order valence-corrected chi connectivity index (χ1v) is 14.2. The lowest BCUT2D eigenvalue weighted by atomic mass is 10.1. The molecular weight excluding hydrogens is 528 g/mol. The van der Waals surface area contributed by atoms with E-state index in [1.807, 2.05) is 0 Å². The van der Waals surface area contributed by atoms with Crippen LogP contribution in [0.25, 0.3) is 33.3 Å². The largest absolute Gasteiger partial charge is 0.423 e. The number of nitrogens with one attached hydrogen (secondary N) is 2. The average molecular weight is 547 g/mol. The van der Waals surface area contributed by atoms with E-state index in [1.54, 1.807) is 72.8 Å². The van der Waals surface area contributed by atoms with E-state index in [9.17, 15) is 16.8 Å². The minimum absolute atomic E-state index is 0.0914. The highest BCUT2D eigenvalue weighted by molar-refractivity contribution is 7.93. The zero-order valence-electron chi connectivity index (χ0n) is 19.4.